The third-order valence-electron chi connectivity index (χ3n) is 11.0. The molecule has 4 unspecified atom stereocenters. The molecular weight excluding hydrogens is 766 g/mol. The third-order valence-corrected chi connectivity index (χ3v) is 15.1. The molecule has 0 aromatic heterocycles. The Labute approximate surface area is 333 Å². The van der Waals surface area contributed by atoms with Crippen molar-refractivity contribution >= 4 is 39.1 Å². The van der Waals surface area contributed by atoms with Gasteiger partial charge in [-0.05, 0) is 129 Å². The molecule has 4 saturated carbocycles. The molecule has 4 rings (SSSR count). The molecule has 0 spiro atoms. The first kappa shape index (κ1) is 46.9. The van der Waals surface area contributed by atoms with E-state index in [4.69, 9.17) is 37.0 Å². The minimum Gasteiger partial charge on any atom is -0.461 e. The fourth-order valence-electron chi connectivity index (χ4n) is 7.82. The molecule has 0 N–H and O–H groups in total. The first-order valence-corrected chi connectivity index (χ1v) is 25.0. The van der Waals surface area contributed by atoms with Gasteiger partial charge in [-0.3, -0.25) is 27.2 Å². The molecule has 0 radical (unpaired) electrons. The summed E-state index contributed by atoms with van der Waals surface area (Å²) in [5.41, 5.74) is 0. The van der Waals surface area contributed by atoms with E-state index < -0.39 is 64.5 Å². The van der Waals surface area contributed by atoms with Gasteiger partial charge in [0, 0.05) is 0 Å². The summed E-state index contributed by atoms with van der Waals surface area (Å²) in [5, 5.41) is 0. The van der Waals surface area contributed by atoms with E-state index in [1.807, 2.05) is 0 Å². The quantitative estimate of drug-likeness (QED) is 0.0412. The maximum atomic E-state index is 14.0. The van der Waals surface area contributed by atoms with Crippen molar-refractivity contribution in [2.75, 3.05) is 25.5 Å². The summed E-state index contributed by atoms with van der Waals surface area (Å²) in [6.07, 6.45) is 16.8. The van der Waals surface area contributed by atoms with Crippen LogP contribution in [0.2, 0.25) is 0 Å². The lowest BCUT2D eigenvalue weighted by molar-refractivity contribution is -0.159. The highest BCUT2D eigenvalue weighted by molar-refractivity contribution is 7.54. The van der Waals surface area contributed by atoms with Gasteiger partial charge in [-0.25, -0.2) is 19.2 Å². The normalized spacial score (nSPS) is 22.5. The Bertz CT molecular complexity index is 1200. The minimum absolute atomic E-state index is 0.0769. The van der Waals surface area contributed by atoms with Crippen LogP contribution in [0.15, 0.2) is 0 Å². The third kappa shape index (κ3) is 18.0. The Morgan fingerprint density at radius 3 is 1.04 bits per heavy atom. The van der Waals surface area contributed by atoms with Crippen LogP contribution in [0.4, 0.5) is 0 Å². The topological polar surface area (TPSA) is 176 Å². The average Bonchev–Trinajstić information content (AvgIpc) is 3.19. The number of esters is 4. The summed E-state index contributed by atoms with van der Waals surface area (Å²) in [7, 11) is -7.92. The molecule has 0 aromatic rings. The molecule has 14 nitrogen and oxygen atoms in total. The predicted molar refractivity (Wildman–Crippen MR) is 208 cm³/mol. The van der Waals surface area contributed by atoms with Crippen LogP contribution in [-0.2, 0) is 65.4 Å². The highest BCUT2D eigenvalue weighted by Crippen LogP contribution is 2.52. The Balaban J connectivity index is 1.29. The molecule has 0 heterocycles. The van der Waals surface area contributed by atoms with Gasteiger partial charge in [0.1, 0.15) is 24.4 Å². The van der Waals surface area contributed by atoms with Gasteiger partial charge < -0.3 is 18.9 Å². The van der Waals surface area contributed by atoms with Gasteiger partial charge in [0.2, 0.25) is 0 Å². The number of rotatable bonds is 23. The molecule has 0 aromatic carbocycles. The van der Waals surface area contributed by atoms with Crippen LogP contribution in [-0.4, -0.2) is 86.0 Å². The van der Waals surface area contributed by atoms with E-state index in [1.54, 1.807) is 0 Å². The molecule has 4 aliphatic carbocycles. The van der Waals surface area contributed by atoms with E-state index in [-0.39, 0.29) is 36.7 Å². The van der Waals surface area contributed by atoms with Crippen molar-refractivity contribution in [3.63, 3.8) is 0 Å². The summed E-state index contributed by atoms with van der Waals surface area (Å²) in [6.45, 7) is 1.80. The van der Waals surface area contributed by atoms with Gasteiger partial charge in [-0.15, -0.1) is 0 Å². The van der Waals surface area contributed by atoms with Crippen LogP contribution in [0, 0.1) is 0 Å². The standard InChI is InChI=1S/C40H68O14P2/c1-31(39(43)51-35-23-13-7-14-24-35)53-55(45,47-29-37(41)49-33-19-9-5-10-20-33)27-17-3-4-18-28-56(46,48-30-38(42)50-34-21-11-6-12-22-34)54-32(2)40(44)52-36-25-15-8-16-26-36/h31-36H,3-30H2,1-2H3. The molecule has 0 aliphatic heterocycles. The van der Waals surface area contributed by atoms with Gasteiger partial charge in [0.25, 0.3) is 0 Å². The molecule has 322 valence electrons. The van der Waals surface area contributed by atoms with Crippen molar-refractivity contribution in [3.8, 4) is 0 Å². The highest BCUT2D eigenvalue weighted by Gasteiger charge is 2.35. The van der Waals surface area contributed by atoms with Gasteiger partial charge in [0.05, 0.1) is 12.3 Å². The number of carbonyl (C=O) groups excluding carboxylic acids is 4. The average molecular weight is 835 g/mol. The minimum atomic E-state index is -3.96. The van der Waals surface area contributed by atoms with Gasteiger partial charge in [-0.2, -0.15) is 0 Å². The lowest BCUT2D eigenvalue weighted by atomic mass is 9.98. The van der Waals surface area contributed by atoms with Crippen LogP contribution in [0.3, 0.4) is 0 Å². The van der Waals surface area contributed by atoms with Crippen molar-refractivity contribution in [2.24, 2.45) is 0 Å². The zero-order valence-electron chi connectivity index (χ0n) is 33.9. The summed E-state index contributed by atoms with van der Waals surface area (Å²) in [4.78, 5) is 51.1. The Kier molecular flexibility index (Phi) is 20.9. The fraction of sp³-hybridized carbons (Fsp3) is 0.900. The van der Waals surface area contributed by atoms with E-state index in [1.165, 1.54) is 13.8 Å². The second-order valence-electron chi connectivity index (χ2n) is 16.0. The molecule has 4 aliphatic rings. The second-order valence-corrected chi connectivity index (χ2v) is 20.3. The zero-order valence-corrected chi connectivity index (χ0v) is 35.7. The largest absolute Gasteiger partial charge is 0.461 e. The van der Waals surface area contributed by atoms with E-state index >= 15 is 0 Å². The smallest absolute Gasteiger partial charge is 0.335 e. The lowest BCUT2D eigenvalue weighted by Gasteiger charge is -2.26. The van der Waals surface area contributed by atoms with E-state index in [0.717, 1.165) is 128 Å². The van der Waals surface area contributed by atoms with Crippen LogP contribution in [0.1, 0.15) is 168 Å². The number of ether oxygens (including phenoxy) is 4. The predicted octanol–water partition coefficient (Wildman–Crippen LogP) is 9.28. The van der Waals surface area contributed by atoms with Gasteiger partial charge in [-0.1, -0.05) is 38.5 Å². The van der Waals surface area contributed by atoms with Crippen molar-refractivity contribution in [1.82, 2.24) is 0 Å². The summed E-state index contributed by atoms with van der Waals surface area (Å²) >= 11 is 0. The first-order chi connectivity index (χ1) is 26.9. The van der Waals surface area contributed by atoms with Crippen molar-refractivity contribution in [1.29, 1.82) is 0 Å². The monoisotopic (exact) mass is 834 g/mol. The highest BCUT2D eigenvalue weighted by atomic mass is 31.2. The number of unbranched alkanes of at least 4 members (excludes halogenated alkanes) is 3. The van der Waals surface area contributed by atoms with E-state index in [0.29, 0.717) is 25.7 Å². The zero-order chi connectivity index (χ0) is 40.2. The van der Waals surface area contributed by atoms with Crippen molar-refractivity contribution in [2.45, 2.75) is 205 Å². The number of hydrogen-bond donors (Lipinski definition) is 0. The summed E-state index contributed by atoms with van der Waals surface area (Å²) < 4.78 is 73.1. The van der Waals surface area contributed by atoms with Crippen LogP contribution in [0.25, 0.3) is 0 Å². The molecule has 0 saturated heterocycles. The maximum absolute atomic E-state index is 14.0. The van der Waals surface area contributed by atoms with Crippen molar-refractivity contribution < 1.29 is 65.4 Å². The van der Waals surface area contributed by atoms with Crippen LogP contribution in [0.5, 0.6) is 0 Å². The molecule has 16 heteroatoms. The van der Waals surface area contributed by atoms with E-state index in [2.05, 4.69) is 0 Å². The molecule has 4 fully saturated rings. The molecule has 0 amide bonds. The SMILES string of the molecule is CC(OP(=O)(CCCCCCP(=O)(OCC(=O)OC1CCCCC1)OC(C)C(=O)OC1CCCCC1)OCC(=O)OC1CCCCC1)C(=O)OC1CCCCC1. The lowest BCUT2D eigenvalue weighted by Crippen LogP contribution is -2.29. The van der Waals surface area contributed by atoms with Gasteiger partial charge >= 0.3 is 39.1 Å². The Morgan fingerprint density at radius 1 is 0.446 bits per heavy atom. The molecule has 0 bridgehead atoms. The Hall–Kier alpha value is -1.82. The van der Waals surface area contributed by atoms with Crippen LogP contribution < -0.4 is 0 Å². The molecule has 56 heavy (non-hydrogen) atoms. The number of carbonyl (C=O) groups is 4. The first-order valence-electron chi connectivity index (χ1n) is 21.6. The maximum Gasteiger partial charge on any atom is 0.335 e. The van der Waals surface area contributed by atoms with Crippen LogP contribution >= 0.6 is 15.2 Å². The summed E-state index contributed by atoms with van der Waals surface area (Å²) in [6, 6.07) is 0. The van der Waals surface area contributed by atoms with Gasteiger partial charge in [0.15, 0.2) is 25.4 Å². The number of hydrogen-bond acceptors (Lipinski definition) is 14. The fourth-order valence-corrected chi connectivity index (χ4v) is 11.4. The van der Waals surface area contributed by atoms with E-state index in [9.17, 15) is 28.3 Å². The summed E-state index contributed by atoms with van der Waals surface area (Å²) in [5.74, 6) is -2.51. The Morgan fingerprint density at radius 2 is 0.732 bits per heavy atom. The van der Waals surface area contributed by atoms with Crippen molar-refractivity contribution in [3.05, 3.63) is 0 Å². The molecular formula is C40H68O14P2. The second kappa shape index (κ2) is 25.0. The molecule has 4 atom stereocenters.